The molecule has 0 aliphatic heterocycles. The third-order valence-corrected chi connectivity index (χ3v) is 14.6. The Bertz CT molecular complexity index is 4730. The number of halogens is 1. The fourth-order valence-corrected chi connectivity index (χ4v) is 8.94. The number of amides is 5. The highest BCUT2D eigenvalue weighted by atomic mass is 79.9. The first-order chi connectivity index (χ1) is 48.9. The van der Waals surface area contributed by atoms with E-state index >= 15 is 0 Å². The number of methoxy groups -OCH3 is 2. The molecule has 0 aliphatic carbocycles. The van der Waals surface area contributed by atoms with Crippen molar-refractivity contribution in [3.8, 4) is 51.7 Å². The predicted octanol–water partition coefficient (Wildman–Crippen LogP) is 12.5. The molecule has 522 valence electrons. The zero-order valence-corrected chi connectivity index (χ0v) is 57.8. The van der Waals surface area contributed by atoms with Crippen LogP contribution in [0.2, 0.25) is 0 Å². The Morgan fingerprint density at radius 3 is 0.971 bits per heavy atom. The highest BCUT2D eigenvalue weighted by Gasteiger charge is 2.11. The first kappa shape index (κ1) is 77.6. The van der Waals surface area contributed by atoms with E-state index < -0.39 is 0 Å². The lowest BCUT2D eigenvalue weighted by atomic mass is 10.1. The molecule has 25 heteroatoms. The lowest BCUT2D eigenvalue weighted by molar-refractivity contribution is 0.0946. The molecule has 0 spiro atoms. The predicted molar refractivity (Wildman–Crippen MR) is 396 cm³/mol. The summed E-state index contributed by atoms with van der Waals surface area (Å²) in [5.41, 5.74) is 22.0. The van der Waals surface area contributed by atoms with Crippen molar-refractivity contribution in [1.82, 2.24) is 27.1 Å². The fourth-order valence-electron chi connectivity index (χ4n) is 8.54. The molecule has 0 unspecified atom stereocenters. The molecule has 5 amide bonds. The van der Waals surface area contributed by atoms with Crippen molar-refractivity contribution in [2.45, 2.75) is 34.6 Å². The van der Waals surface area contributed by atoms with Crippen molar-refractivity contribution in [1.29, 1.82) is 0 Å². The van der Waals surface area contributed by atoms with Crippen LogP contribution in [0.25, 0.3) is 0 Å². The minimum atomic E-state index is -0.330. The zero-order valence-electron chi connectivity index (χ0n) is 56.2. The minimum absolute atomic E-state index is 0.0305. The summed E-state index contributed by atoms with van der Waals surface area (Å²) < 4.78 is 10.6. The van der Waals surface area contributed by atoms with E-state index in [1.165, 1.54) is 93.8 Å². The average Bonchev–Trinajstić information content (AvgIpc) is 0.915. The maximum atomic E-state index is 11.9. The number of carbonyl (C=O) groups excluding carboxylic acids is 5. The monoisotopic (exact) mass is 1440 g/mol. The number of ether oxygens (including phenoxy) is 2. The number of carbonyl (C=O) groups is 5. The van der Waals surface area contributed by atoms with Crippen LogP contribution in [-0.2, 0) is 0 Å². The molecule has 24 nitrogen and oxygen atoms in total. The summed E-state index contributed by atoms with van der Waals surface area (Å²) >= 11 is 3.21. The van der Waals surface area contributed by atoms with Crippen LogP contribution in [-0.4, -0.2) is 111 Å². The van der Waals surface area contributed by atoms with Gasteiger partial charge in [-0.15, -0.1) is 0 Å². The van der Waals surface area contributed by atoms with Gasteiger partial charge >= 0.3 is 0 Å². The summed E-state index contributed by atoms with van der Waals surface area (Å²) in [6, 6.07) is 58.8. The number of aromatic hydroxyl groups is 7. The molecule has 0 radical (unpaired) electrons. The molecule has 0 aliphatic rings. The van der Waals surface area contributed by atoms with E-state index in [0.29, 0.717) is 66.0 Å². The van der Waals surface area contributed by atoms with E-state index in [4.69, 9.17) is 19.7 Å². The maximum Gasteiger partial charge on any atom is 0.271 e. The Kier molecular flexibility index (Phi) is 30.2. The molecule has 0 atom stereocenters. The molecule has 0 bridgehead atoms. The molecule has 0 saturated heterocycles. The number of hydrazone groups is 5. The van der Waals surface area contributed by atoms with Gasteiger partial charge < -0.3 is 45.2 Å². The molecular formula is C77H73BrN10O14. The Balaban J connectivity index is 0.000000200. The van der Waals surface area contributed by atoms with Gasteiger partial charge in [0.15, 0.2) is 0 Å². The summed E-state index contributed by atoms with van der Waals surface area (Å²) in [5.74, 6) is -0.493. The molecule has 10 aromatic rings. The molecule has 102 heavy (non-hydrogen) atoms. The molecular weight excluding hydrogens is 1370 g/mol. The van der Waals surface area contributed by atoms with Crippen molar-refractivity contribution in [3.63, 3.8) is 0 Å². The van der Waals surface area contributed by atoms with Gasteiger partial charge in [-0.1, -0.05) is 89.5 Å². The van der Waals surface area contributed by atoms with E-state index in [1.54, 1.807) is 109 Å². The second kappa shape index (κ2) is 39.7. The van der Waals surface area contributed by atoms with Crippen LogP contribution in [0.3, 0.4) is 0 Å². The van der Waals surface area contributed by atoms with E-state index in [1.807, 2.05) is 89.2 Å². The van der Waals surface area contributed by atoms with Crippen LogP contribution in [0.5, 0.6) is 51.7 Å². The molecule has 12 N–H and O–H groups in total. The highest BCUT2D eigenvalue weighted by Crippen LogP contribution is 2.26. The number of aryl methyl sites for hydroxylation is 5. The molecule has 0 saturated carbocycles. The van der Waals surface area contributed by atoms with Gasteiger partial charge in [-0.05, 0) is 182 Å². The maximum absolute atomic E-state index is 11.9. The van der Waals surface area contributed by atoms with Gasteiger partial charge in [0.25, 0.3) is 29.5 Å². The van der Waals surface area contributed by atoms with Gasteiger partial charge in [-0.2, -0.15) is 25.5 Å². The largest absolute Gasteiger partial charge is 0.508 e. The van der Waals surface area contributed by atoms with Crippen LogP contribution in [0.4, 0.5) is 0 Å². The van der Waals surface area contributed by atoms with Crippen molar-refractivity contribution in [2.75, 3.05) is 14.2 Å². The fraction of sp³-hybridized carbons (Fsp3) is 0.0909. The van der Waals surface area contributed by atoms with Crippen molar-refractivity contribution >= 4 is 76.5 Å². The Morgan fingerprint density at radius 1 is 0.333 bits per heavy atom. The van der Waals surface area contributed by atoms with Crippen LogP contribution < -0.4 is 36.6 Å². The smallest absolute Gasteiger partial charge is 0.271 e. The van der Waals surface area contributed by atoms with Gasteiger partial charge in [-0.25, -0.2) is 27.1 Å². The summed E-state index contributed by atoms with van der Waals surface area (Å²) in [6.45, 7) is 9.43. The van der Waals surface area contributed by atoms with Crippen LogP contribution in [0.1, 0.15) is 107 Å². The average molecular weight is 1440 g/mol. The molecule has 0 aromatic heterocycles. The standard InChI is InChI=1S/2C16H16N2O3.C15H13BrN2O2.2C15H14N2O3/c1-11-4-3-5-12(8-11)16(20)18-17-10-13-6-7-14(21-2)9-15(13)19;1-11-5-3-4-6-14(11)16(20)18-17-10-12-7-8-13(21-2)9-15(12)19;1-10-3-2-4-12(7-10)15(20)18-17-9-11-5-6-14(19)13(16)8-11;1-10-3-2-4-11(7-10)15(20)17-16-9-12-5-6-13(18)8-14(12)19;1-10-4-2-3-5-13(10)15(20)17-16-9-11-6-7-12(18)8-14(11)19/h2*3-10,19H,1-2H3,(H,18,20);2-9,19H,1H3,(H,18,20);2*2-9,18-19H,1H3,(H,17,20)/b2*17-10+;17-9+;2*16-9+. The number of rotatable bonds is 17. The van der Waals surface area contributed by atoms with Gasteiger partial charge in [0.05, 0.1) is 49.8 Å². The van der Waals surface area contributed by atoms with E-state index in [2.05, 4.69) is 68.6 Å². The highest BCUT2D eigenvalue weighted by molar-refractivity contribution is 9.10. The molecule has 10 rings (SSSR count). The second-order valence-electron chi connectivity index (χ2n) is 21.8. The number of hydrogen-bond acceptors (Lipinski definition) is 19. The van der Waals surface area contributed by atoms with E-state index in [0.717, 1.165) is 33.4 Å². The lowest BCUT2D eigenvalue weighted by Gasteiger charge is -2.04. The number of nitrogens with one attached hydrogen (secondary N) is 5. The van der Waals surface area contributed by atoms with Crippen LogP contribution >= 0.6 is 15.9 Å². The van der Waals surface area contributed by atoms with E-state index in [9.17, 15) is 49.5 Å². The first-order valence-electron chi connectivity index (χ1n) is 30.7. The number of benzene rings is 10. The minimum Gasteiger partial charge on any atom is -0.508 e. The molecule has 10 aromatic carbocycles. The normalized spacial score (nSPS) is 10.6. The SMILES string of the molecule is COc1ccc(/C=N/NC(=O)c2cccc(C)c2)c(O)c1.COc1ccc(/C=N/NC(=O)c2ccccc2C)c(O)c1.Cc1cccc(C(=O)N/N=C/c2ccc(O)c(Br)c2)c1.Cc1cccc(C(=O)N/N=C/c2ccc(O)cc2O)c1.Cc1ccccc1C(=O)N/N=C/c1ccc(O)cc1O. The van der Waals surface area contributed by atoms with Gasteiger partial charge in [0.1, 0.15) is 51.7 Å². The number of phenols is 7. The molecule has 0 heterocycles. The third-order valence-electron chi connectivity index (χ3n) is 14.0. The Morgan fingerprint density at radius 2 is 0.657 bits per heavy atom. The molecule has 0 fully saturated rings. The van der Waals surface area contributed by atoms with Gasteiger partial charge in [0, 0.05) is 74.3 Å². The Labute approximate surface area is 596 Å². The van der Waals surface area contributed by atoms with Crippen molar-refractivity contribution in [3.05, 3.63) is 300 Å². The zero-order chi connectivity index (χ0) is 74.1. The van der Waals surface area contributed by atoms with Gasteiger partial charge in [0.2, 0.25) is 0 Å². The summed E-state index contributed by atoms with van der Waals surface area (Å²) in [5, 5.41) is 85.4. The quantitative estimate of drug-likeness (QED) is 0.0298. The number of hydrogen-bond donors (Lipinski definition) is 12. The number of nitrogens with zero attached hydrogens (tertiary/aromatic N) is 5. The lowest BCUT2D eigenvalue weighted by Crippen LogP contribution is -2.18. The summed E-state index contributed by atoms with van der Waals surface area (Å²) in [4.78, 5) is 59.3. The van der Waals surface area contributed by atoms with Crippen LogP contribution in [0.15, 0.2) is 242 Å². The number of phenolic OH excluding ortho intramolecular Hbond substituents is 7. The van der Waals surface area contributed by atoms with Crippen LogP contribution in [0, 0.1) is 34.6 Å². The first-order valence-corrected chi connectivity index (χ1v) is 31.5. The second-order valence-corrected chi connectivity index (χ2v) is 22.6. The van der Waals surface area contributed by atoms with E-state index in [-0.39, 0.29) is 69.8 Å². The van der Waals surface area contributed by atoms with Crippen molar-refractivity contribution in [2.24, 2.45) is 25.5 Å². The topological polar surface area (TPSA) is 367 Å². The summed E-state index contributed by atoms with van der Waals surface area (Å²) in [6.07, 6.45) is 6.89. The Hall–Kier alpha value is -13.4. The van der Waals surface area contributed by atoms with Crippen molar-refractivity contribution < 1.29 is 69.2 Å². The van der Waals surface area contributed by atoms with Gasteiger partial charge in [-0.3, -0.25) is 24.0 Å². The summed E-state index contributed by atoms with van der Waals surface area (Å²) in [7, 11) is 3.04. The third kappa shape index (κ3) is 25.5.